The molecule has 1 saturated carbocycles. The van der Waals surface area contributed by atoms with Crippen LogP contribution >= 0.6 is 0 Å². The Morgan fingerprint density at radius 2 is 1.86 bits per heavy atom. The molecule has 2 heterocycles. The Bertz CT molecular complexity index is 657. The van der Waals surface area contributed by atoms with Gasteiger partial charge in [-0.25, -0.2) is 0 Å². The van der Waals surface area contributed by atoms with Crippen molar-refractivity contribution in [3.63, 3.8) is 0 Å². The van der Waals surface area contributed by atoms with Gasteiger partial charge in [0.1, 0.15) is 0 Å². The normalized spacial score (nSPS) is 22.4. The van der Waals surface area contributed by atoms with Crippen molar-refractivity contribution in [3.05, 3.63) is 35.5 Å². The fourth-order valence-electron chi connectivity index (χ4n) is 4.18. The third-order valence-corrected chi connectivity index (χ3v) is 5.23. The topological polar surface area (TPSA) is 23.4 Å². The van der Waals surface area contributed by atoms with Gasteiger partial charge in [0.2, 0.25) is 0 Å². The molecule has 4 rings (SSSR count). The fraction of sp³-hybridized carbons (Fsp3) is 0.556. The SMILES string of the molecule is Cc1cccc2c(C3CCC4(CC3)OCCO4)cn(C)c12. The Morgan fingerprint density at radius 1 is 1.14 bits per heavy atom. The van der Waals surface area contributed by atoms with Crippen molar-refractivity contribution < 1.29 is 9.47 Å². The lowest BCUT2D eigenvalue weighted by Crippen LogP contribution is -2.34. The highest BCUT2D eigenvalue weighted by Crippen LogP contribution is 2.44. The van der Waals surface area contributed by atoms with E-state index in [9.17, 15) is 0 Å². The molecule has 0 radical (unpaired) electrons. The van der Waals surface area contributed by atoms with Gasteiger partial charge in [-0.3, -0.25) is 0 Å². The summed E-state index contributed by atoms with van der Waals surface area (Å²) < 4.78 is 14.0. The van der Waals surface area contributed by atoms with Gasteiger partial charge in [0, 0.05) is 31.5 Å². The average molecular weight is 285 g/mol. The van der Waals surface area contributed by atoms with Gasteiger partial charge in [-0.05, 0) is 36.8 Å². The summed E-state index contributed by atoms with van der Waals surface area (Å²) in [6.45, 7) is 3.72. The Kier molecular flexibility index (Phi) is 3.09. The molecule has 1 aliphatic heterocycles. The summed E-state index contributed by atoms with van der Waals surface area (Å²) in [5, 5.41) is 1.42. The lowest BCUT2D eigenvalue weighted by Gasteiger charge is -2.35. The van der Waals surface area contributed by atoms with E-state index in [4.69, 9.17) is 9.47 Å². The van der Waals surface area contributed by atoms with Crippen LogP contribution < -0.4 is 0 Å². The standard InChI is InChI=1S/C18H23NO2/c1-13-4-3-5-15-16(12-19(2)17(13)15)14-6-8-18(9-7-14)20-10-11-21-18/h3-5,12,14H,6-11H2,1-2H3. The molecule has 0 bridgehead atoms. The number of aromatic nitrogens is 1. The first kappa shape index (κ1) is 13.4. The van der Waals surface area contributed by atoms with Gasteiger partial charge in [-0.1, -0.05) is 18.2 Å². The van der Waals surface area contributed by atoms with E-state index in [1.165, 1.54) is 22.0 Å². The van der Waals surface area contributed by atoms with Gasteiger partial charge in [0.05, 0.1) is 18.7 Å². The molecule has 2 fully saturated rings. The minimum Gasteiger partial charge on any atom is -0.350 e. The van der Waals surface area contributed by atoms with E-state index >= 15 is 0 Å². The summed E-state index contributed by atoms with van der Waals surface area (Å²) >= 11 is 0. The van der Waals surface area contributed by atoms with Gasteiger partial charge >= 0.3 is 0 Å². The van der Waals surface area contributed by atoms with Gasteiger partial charge in [0.25, 0.3) is 0 Å². The number of nitrogens with zero attached hydrogens (tertiary/aromatic N) is 1. The minimum atomic E-state index is -0.253. The maximum Gasteiger partial charge on any atom is 0.168 e. The van der Waals surface area contributed by atoms with Crippen LogP contribution in [0.4, 0.5) is 0 Å². The van der Waals surface area contributed by atoms with Crippen LogP contribution in [0.25, 0.3) is 10.9 Å². The largest absolute Gasteiger partial charge is 0.350 e. The van der Waals surface area contributed by atoms with Crippen LogP contribution in [0.1, 0.15) is 42.7 Å². The van der Waals surface area contributed by atoms with Crippen molar-refractivity contribution in [2.45, 2.75) is 44.3 Å². The molecular weight excluding hydrogens is 262 g/mol. The van der Waals surface area contributed by atoms with E-state index < -0.39 is 0 Å². The summed E-state index contributed by atoms with van der Waals surface area (Å²) in [7, 11) is 2.16. The summed E-state index contributed by atoms with van der Waals surface area (Å²) in [4.78, 5) is 0. The number of hydrogen-bond acceptors (Lipinski definition) is 2. The highest BCUT2D eigenvalue weighted by Gasteiger charge is 2.40. The molecular formula is C18H23NO2. The second kappa shape index (κ2) is 4.85. The molecule has 112 valence electrons. The summed E-state index contributed by atoms with van der Waals surface area (Å²) in [5.74, 6) is 0.380. The molecule has 3 nitrogen and oxygen atoms in total. The van der Waals surface area contributed by atoms with E-state index in [1.807, 2.05) is 0 Å². The zero-order valence-corrected chi connectivity index (χ0v) is 12.9. The molecule has 0 unspecified atom stereocenters. The van der Waals surface area contributed by atoms with Crippen LogP contribution in [0.3, 0.4) is 0 Å². The first-order valence-corrected chi connectivity index (χ1v) is 8.01. The quantitative estimate of drug-likeness (QED) is 0.793. The van der Waals surface area contributed by atoms with Crippen molar-refractivity contribution in [2.75, 3.05) is 13.2 Å². The van der Waals surface area contributed by atoms with Crippen molar-refractivity contribution in [2.24, 2.45) is 7.05 Å². The highest BCUT2D eigenvalue weighted by atomic mass is 16.7. The number of para-hydroxylation sites is 1. The maximum absolute atomic E-state index is 5.85. The van der Waals surface area contributed by atoms with E-state index in [1.54, 1.807) is 0 Å². The third kappa shape index (κ3) is 2.11. The molecule has 1 saturated heterocycles. The Labute approximate surface area is 125 Å². The van der Waals surface area contributed by atoms with E-state index in [0.717, 1.165) is 38.9 Å². The fourth-order valence-corrected chi connectivity index (χ4v) is 4.18. The number of aryl methyl sites for hydroxylation is 2. The summed E-state index contributed by atoms with van der Waals surface area (Å²) in [5.41, 5.74) is 4.24. The first-order chi connectivity index (χ1) is 10.2. The summed E-state index contributed by atoms with van der Waals surface area (Å²) in [6.07, 6.45) is 6.70. The van der Waals surface area contributed by atoms with Gasteiger partial charge in [0.15, 0.2) is 5.79 Å². The molecule has 1 spiro atoms. The van der Waals surface area contributed by atoms with Crippen molar-refractivity contribution in [1.82, 2.24) is 4.57 Å². The molecule has 0 atom stereocenters. The zero-order chi connectivity index (χ0) is 14.4. The van der Waals surface area contributed by atoms with Crippen LogP contribution in [-0.2, 0) is 16.5 Å². The van der Waals surface area contributed by atoms with Gasteiger partial charge in [-0.15, -0.1) is 0 Å². The smallest absolute Gasteiger partial charge is 0.168 e. The number of ether oxygens (including phenoxy) is 2. The van der Waals surface area contributed by atoms with E-state index in [0.29, 0.717) is 5.92 Å². The van der Waals surface area contributed by atoms with Crippen LogP contribution in [0.2, 0.25) is 0 Å². The lowest BCUT2D eigenvalue weighted by molar-refractivity contribution is -0.178. The molecule has 0 N–H and O–H groups in total. The molecule has 21 heavy (non-hydrogen) atoms. The van der Waals surface area contributed by atoms with E-state index in [2.05, 4.69) is 42.9 Å². The van der Waals surface area contributed by atoms with Crippen molar-refractivity contribution in [1.29, 1.82) is 0 Å². The molecule has 1 aromatic carbocycles. The second-order valence-electron chi connectivity index (χ2n) is 6.55. The Morgan fingerprint density at radius 3 is 2.57 bits per heavy atom. The Balaban J connectivity index is 1.64. The van der Waals surface area contributed by atoms with Crippen molar-refractivity contribution in [3.8, 4) is 0 Å². The molecule has 0 amide bonds. The molecule has 2 aromatic rings. The molecule has 3 heteroatoms. The number of fused-ring (bicyclic) bond motifs is 1. The van der Waals surface area contributed by atoms with Crippen LogP contribution in [0.15, 0.2) is 24.4 Å². The monoisotopic (exact) mass is 285 g/mol. The van der Waals surface area contributed by atoms with Crippen LogP contribution in [0, 0.1) is 6.92 Å². The highest BCUT2D eigenvalue weighted by molar-refractivity contribution is 5.87. The summed E-state index contributed by atoms with van der Waals surface area (Å²) in [6, 6.07) is 6.64. The van der Waals surface area contributed by atoms with Crippen molar-refractivity contribution >= 4 is 10.9 Å². The average Bonchev–Trinajstić information content (AvgIpc) is 3.07. The second-order valence-corrected chi connectivity index (χ2v) is 6.55. The third-order valence-electron chi connectivity index (χ3n) is 5.23. The number of hydrogen-bond donors (Lipinski definition) is 0. The number of rotatable bonds is 1. The first-order valence-electron chi connectivity index (χ1n) is 8.01. The molecule has 1 aliphatic carbocycles. The predicted octanol–water partition coefficient (Wildman–Crippen LogP) is 3.89. The molecule has 1 aromatic heterocycles. The maximum atomic E-state index is 5.85. The van der Waals surface area contributed by atoms with E-state index in [-0.39, 0.29) is 5.79 Å². The Hall–Kier alpha value is -1.32. The van der Waals surface area contributed by atoms with Gasteiger partial charge < -0.3 is 14.0 Å². The zero-order valence-electron chi connectivity index (χ0n) is 12.9. The minimum absolute atomic E-state index is 0.253. The molecule has 2 aliphatic rings. The van der Waals surface area contributed by atoms with Crippen LogP contribution in [0.5, 0.6) is 0 Å². The predicted molar refractivity (Wildman–Crippen MR) is 83.5 cm³/mol. The lowest BCUT2D eigenvalue weighted by atomic mass is 9.81. The van der Waals surface area contributed by atoms with Gasteiger partial charge in [-0.2, -0.15) is 0 Å². The number of benzene rings is 1. The van der Waals surface area contributed by atoms with Crippen LogP contribution in [-0.4, -0.2) is 23.6 Å².